The van der Waals surface area contributed by atoms with Gasteiger partial charge in [0.05, 0.1) is 12.6 Å². The second-order valence-corrected chi connectivity index (χ2v) is 6.67. The van der Waals surface area contributed by atoms with E-state index in [0.717, 1.165) is 17.1 Å². The molecule has 3 rings (SSSR count). The lowest BCUT2D eigenvalue weighted by atomic mass is 9.87. The van der Waals surface area contributed by atoms with Crippen molar-refractivity contribution in [1.82, 2.24) is 4.90 Å². The standard InChI is InChI=1S/C22H25NO5/c24-21-16-23(22(25)26)13-12-20(21)17-8-10-19(11-9-17)28-15-5-4-14-27-18-6-2-1-3-7-18/h1-11,20-21,24H,12-16H2,(H,25,26). The highest BCUT2D eigenvalue weighted by atomic mass is 16.5. The molecular weight excluding hydrogens is 358 g/mol. The van der Waals surface area contributed by atoms with Crippen molar-refractivity contribution in [3.63, 3.8) is 0 Å². The van der Waals surface area contributed by atoms with Crippen LogP contribution < -0.4 is 9.47 Å². The van der Waals surface area contributed by atoms with E-state index in [0.29, 0.717) is 26.2 Å². The largest absolute Gasteiger partial charge is 0.490 e. The molecular formula is C22H25NO5. The third-order valence-corrected chi connectivity index (χ3v) is 4.76. The van der Waals surface area contributed by atoms with E-state index in [-0.39, 0.29) is 12.5 Å². The fourth-order valence-corrected chi connectivity index (χ4v) is 3.25. The highest BCUT2D eigenvalue weighted by Gasteiger charge is 2.30. The Labute approximate surface area is 164 Å². The Morgan fingerprint density at radius 3 is 2.18 bits per heavy atom. The molecule has 6 nitrogen and oxygen atoms in total. The number of carboxylic acid groups (broad SMARTS) is 1. The molecule has 1 fully saturated rings. The van der Waals surface area contributed by atoms with Crippen molar-refractivity contribution in [3.05, 3.63) is 72.3 Å². The highest BCUT2D eigenvalue weighted by molar-refractivity contribution is 5.65. The molecule has 2 aromatic carbocycles. The molecule has 0 saturated carbocycles. The number of amides is 1. The first-order valence-electron chi connectivity index (χ1n) is 9.35. The molecule has 6 heteroatoms. The van der Waals surface area contributed by atoms with E-state index in [1.54, 1.807) is 0 Å². The van der Waals surface area contributed by atoms with Crippen molar-refractivity contribution in [2.45, 2.75) is 18.4 Å². The number of piperidine rings is 1. The molecule has 0 radical (unpaired) electrons. The molecule has 0 bridgehead atoms. The van der Waals surface area contributed by atoms with Crippen LogP contribution in [0.2, 0.25) is 0 Å². The molecule has 2 unspecified atom stereocenters. The normalized spacial score (nSPS) is 19.5. The molecule has 0 spiro atoms. The number of benzene rings is 2. The van der Waals surface area contributed by atoms with Crippen LogP contribution in [0.4, 0.5) is 4.79 Å². The van der Waals surface area contributed by atoms with Crippen molar-refractivity contribution in [1.29, 1.82) is 0 Å². The Hall–Kier alpha value is -2.99. The zero-order valence-electron chi connectivity index (χ0n) is 15.6. The summed E-state index contributed by atoms with van der Waals surface area (Å²) >= 11 is 0. The number of β-amino-alcohol motifs (C(OH)–C–C–N with tert-alkyl or cyclic N) is 1. The average molecular weight is 383 g/mol. The van der Waals surface area contributed by atoms with Gasteiger partial charge >= 0.3 is 6.09 Å². The molecule has 148 valence electrons. The maximum Gasteiger partial charge on any atom is 0.407 e. The van der Waals surface area contributed by atoms with Crippen molar-refractivity contribution in [2.75, 3.05) is 26.3 Å². The van der Waals surface area contributed by atoms with Crippen LogP contribution in [0.1, 0.15) is 17.9 Å². The van der Waals surface area contributed by atoms with Gasteiger partial charge in [0, 0.05) is 12.5 Å². The van der Waals surface area contributed by atoms with Crippen LogP contribution in [-0.4, -0.2) is 53.6 Å². The quantitative estimate of drug-likeness (QED) is 0.715. The molecule has 2 N–H and O–H groups in total. The summed E-state index contributed by atoms with van der Waals surface area (Å²) in [6, 6.07) is 17.2. The van der Waals surface area contributed by atoms with Crippen LogP contribution in [0.3, 0.4) is 0 Å². The lowest BCUT2D eigenvalue weighted by Gasteiger charge is -2.34. The zero-order valence-corrected chi connectivity index (χ0v) is 15.6. The van der Waals surface area contributed by atoms with Gasteiger partial charge in [-0.05, 0) is 48.4 Å². The minimum Gasteiger partial charge on any atom is -0.490 e. The molecule has 28 heavy (non-hydrogen) atoms. The maximum absolute atomic E-state index is 11.0. The SMILES string of the molecule is O=C(O)N1CCC(c2ccc(OCC=CCOc3ccccc3)cc2)C(O)C1. The Morgan fingerprint density at radius 2 is 1.61 bits per heavy atom. The number of carbonyl (C=O) groups is 1. The number of aliphatic hydroxyl groups is 1. The minimum absolute atomic E-state index is 0.0559. The number of rotatable bonds is 7. The molecule has 1 aliphatic rings. The van der Waals surface area contributed by atoms with Crippen LogP contribution in [0, 0.1) is 0 Å². The van der Waals surface area contributed by atoms with E-state index in [9.17, 15) is 9.90 Å². The van der Waals surface area contributed by atoms with E-state index >= 15 is 0 Å². The van der Waals surface area contributed by atoms with Crippen molar-refractivity contribution in [2.24, 2.45) is 0 Å². The molecule has 2 aromatic rings. The summed E-state index contributed by atoms with van der Waals surface area (Å²) in [7, 11) is 0. The summed E-state index contributed by atoms with van der Waals surface area (Å²) in [4.78, 5) is 12.3. The zero-order chi connectivity index (χ0) is 19.8. The van der Waals surface area contributed by atoms with Gasteiger partial charge < -0.3 is 24.6 Å². The van der Waals surface area contributed by atoms with Crippen LogP contribution in [0.5, 0.6) is 11.5 Å². The molecule has 1 saturated heterocycles. The second kappa shape index (κ2) is 9.80. The number of ether oxygens (including phenoxy) is 2. The van der Waals surface area contributed by atoms with Crippen LogP contribution >= 0.6 is 0 Å². The average Bonchev–Trinajstić information content (AvgIpc) is 2.72. The fourth-order valence-electron chi connectivity index (χ4n) is 3.25. The Bertz CT molecular complexity index is 775. The lowest BCUT2D eigenvalue weighted by Crippen LogP contribution is -2.45. The molecule has 1 aliphatic heterocycles. The summed E-state index contributed by atoms with van der Waals surface area (Å²) < 4.78 is 11.3. The maximum atomic E-state index is 11.0. The summed E-state index contributed by atoms with van der Waals surface area (Å²) in [5, 5.41) is 19.3. The van der Waals surface area contributed by atoms with Crippen LogP contribution in [0.25, 0.3) is 0 Å². The predicted octanol–water partition coefficient (Wildman–Crippen LogP) is 3.53. The van der Waals surface area contributed by atoms with Crippen molar-refractivity contribution < 1.29 is 24.5 Å². The van der Waals surface area contributed by atoms with E-state index < -0.39 is 12.2 Å². The van der Waals surface area contributed by atoms with Gasteiger partial charge in [-0.3, -0.25) is 0 Å². The van der Waals surface area contributed by atoms with E-state index in [2.05, 4.69) is 0 Å². The number of likely N-dealkylation sites (tertiary alicyclic amines) is 1. The molecule has 0 aromatic heterocycles. The number of hydrogen-bond donors (Lipinski definition) is 2. The van der Waals surface area contributed by atoms with E-state index in [4.69, 9.17) is 14.6 Å². The molecule has 1 amide bonds. The second-order valence-electron chi connectivity index (χ2n) is 6.67. The smallest absolute Gasteiger partial charge is 0.407 e. The van der Waals surface area contributed by atoms with Gasteiger partial charge in [0.25, 0.3) is 0 Å². The topological polar surface area (TPSA) is 79.2 Å². The van der Waals surface area contributed by atoms with Gasteiger partial charge in [-0.25, -0.2) is 4.79 Å². The van der Waals surface area contributed by atoms with Gasteiger partial charge in [-0.15, -0.1) is 0 Å². The molecule has 0 aliphatic carbocycles. The van der Waals surface area contributed by atoms with Gasteiger partial charge in [0.15, 0.2) is 0 Å². The lowest BCUT2D eigenvalue weighted by molar-refractivity contribution is 0.0504. The number of aliphatic hydroxyl groups excluding tert-OH is 1. The van der Waals surface area contributed by atoms with Crippen LogP contribution in [0.15, 0.2) is 66.7 Å². The minimum atomic E-state index is -0.983. The first-order valence-corrected chi connectivity index (χ1v) is 9.35. The Morgan fingerprint density at radius 1 is 1.00 bits per heavy atom. The Balaban J connectivity index is 1.42. The third-order valence-electron chi connectivity index (χ3n) is 4.76. The number of hydrogen-bond acceptors (Lipinski definition) is 4. The summed E-state index contributed by atoms with van der Waals surface area (Å²) in [5.74, 6) is 1.52. The number of para-hydroxylation sites is 1. The summed E-state index contributed by atoms with van der Waals surface area (Å²) in [6.07, 6.45) is 2.75. The summed E-state index contributed by atoms with van der Waals surface area (Å²) in [5.41, 5.74) is 0.997. The van der Waals surface area contributed by atoms with Crippen molar-refractivity contribution in [3.8, 4) is 11.5 Å². The molecule has 1 heterocycles. The van der Waals surface area contributed by atoms with Gasteiger partial charge in [-0.2, -0.15) is 0 Å². The van der Waals surface area contributed by atoms with Gasteiger partial charge in [0.1, 0.15) is 24.7 Å². The van der Waals surface area contributed by atoms with E-state index in [1.807, 2.05) is 66.7 Å². The third kappa shape index (κ3) is 5.50. The fraction of sp³-hybridized carbons (Fsp3) is 0.318. The van der Waals surface area contributed by atoms with Crippen LogP contribution in [-0.2, 0) is 0 Å². The Kier molecular flexibility index (Phi) is 6.92. The van der Waals surface area contributed by atoms with E-state index in [1.165, 1.54) is 4.90 Å². The van der Waals surface area contributed by atoms with Gasteiger partial charge in [0.2, 0.25) is 0 Å². The van der Waals surface area contributed by atoms with Crippen molar-refractivity contribution >= 4 is 6.09 Å². The monoisotopic (exact) mass is 383 g/mol. The first kappa shape index (κ1) is 19.8. The number of nitrogens with zero attached hydrogens (tertiary/aromatic N) is 1. The first-order chi connectivity index (χ1) is 13.6. The van der Waals surface area contributed by atoms with Gasteiger partial charge in [-0.1, -0.05) is 30.3 Å². The predicted molar refractivity (Wildman–Crippen MR) is 106 cm³/mol. The highest BCUT2D eigenvalue weighted by Crippen LogP contribution is 2.29. The summed E-state index contributed by atoms with van der Waals surface area (Å²) in [6.45, 7) is 1.51. The molecule has 2 atom stereocenters.